The Bertz CT molecular complexity index is 716. The second kappa shape index (κ2) is 13.8. The predicted octanol–water partition coefficient (Wildman–Crippen LogP) is 2.38. The quantitative estimate of drug-likeness (QED) is 0.305. The van der Waals surface area contributed by atoms with E-state index in [2.05, 4.69) is 32.3 Å². The molecule has 32 heavy (non-hydrogen) atoms. The molecule has 2 fully saturated rings. The smallest absolute Gasteiger partial charge is 0.220 e. The molecule has 0 aliphatic carbocycles. The van der Waals surface area contributed by atoms with Crippen molar-refractivity contribution >= 4 is 41.5 Å². The Balaban J connectivity index is 0.00000363. The van der Waals surface area contributed by atoms with Crippen molar-refractivity contribution < 1.29 is 9.18 Å². The molecule has 180 valence electrons. The molecule has 0 spiro atoms. The summed E-state index contributed by atoms with van der Waals surface area (Å²) < 4.78 is 13.1. The van der Waals surface area contributed by atoms with Crippen LogP contribution in [-0.4, -0.2) is 87.6 Å². The van der Waals surface area contributed by atoms with Gasteiger partial charge in [0.05, 0.1) is 6.54 Å². The molecule has 2 N–H and O–H groups in total. The highest BCUT2D eigenvalue weighted by molar-refractivity contribution is 14.0. The van der Waals surface area contributed by atoms with Gasteiger partial charge in [-0.25, -0.2) is 4.39 Å². The van der Waals surface area contributed by atoms with Gasteiger partial charge in [0.25, 0.3) is 0 Å². The largest absolute Gasteiger partial charge is 0.369 e. The molecule has 2 heterocycles. The molecule has 2 aliphatic heterocycles. The van der Waals surface area contributed by atoms with Crippen LogP contribution >= 0.6 is 24.0 Å². The molecular weight excluding hydrogens is 522 g/mol. The molecule has 0 bridgehead atoms. The minimum Gasteiger partial charge on any atom is -0.369 e. The fourth-order valence-electron chi connectivity index (χ4n) is 4.32. The van der Waals surface area contributed by atoms with Crippen LogP contribution in [0.2, 0.25) is 0 Å². The number of hydrogen-bond donors (Lipinski definition) is 2. The highest BCUT2D eigenvalue weighted by atomic mass is 127. The normalized spacial score (nSPS) is 18.3. The van der Waals surface area contributed by atoms with Crippen LogP contribution in [0.3, 0.4) is 0 Å². The number of carbonyl (C=O) groups excluding carboxylic acids is 1. The van der Waals surface area contributed by atoms with E-state index >= 15 is 0 Å². The summed E-state index contributed by atoms with van der Waals surface area (Å²) in [5, 5.41) is 6.16. The van der Waals surface area contributed by atoms with Gasteiger partial charge in [0, 0.05) is 71.5 Å². The maximum absolute atomic E-state index is 13.1. The number of piperazine rings is 1. The second-order valence-corrected chi connectivity index (χ2v) is 8.35. The zero-order valence-electron chi connectivity index (χ0n) is 19.4. The molecule has 0 atom stereocenters. The fraction of sp³-hybridized carbons (Fsp3) is 0.652. The summed E-state index contributed by atoms with van der Waals surface area (Å²) in [6.07, 6.45) is 2.69. The lowest BCUT2D eigenvalue weighted by molar-refractivity contribution is -0.121. The molecular formula is C23H38FIN6O. The number of benzene rings is 1. The van der Waals surface area contributed by atoms with Crippen LogP contribution in [0.15, 0.2) is 29.3 Å². The number of piperidine rings is 1. The molecule has 9 heteroatoms. The van der Waals surface area contributed by atoms with Crippen molar-refractivity contribution in [3.8, 4) is 0 Å². The number of rotatable bonds is 7. The van der Waals surface area contributed by atoms with E-state index in [0.717, 1.165) is 83.4 Å². The van der Waals surface area contributed by atoms with E-state index in [9.17, 15) is 9.18 Å². The molecule has 0 unspecified atom stereocenters. The molecule has 0 saturated carbocycles. The Hall–Kier alpha value is -1.62. The van der Waals surface area contributed by atoms with Crippen LogP contribution in [-0.2, 0) is 4.79 Å². The van der Waals surface area contributed by atoms with Crippen LogP contribution in [0.4, 0.5) is 10.1 Å². The van der Waals surface area contributed by atoms with Crippen LogP contribution < -0.4 is 15.5 Å². The topological polar surface area (TPSA) is 63.2 Å². The van der Waals surface area contributed by atoms with Crippen molar-refractivity contribution in [2.75, 3.05) is 70.9 Å². The lowest BCUT2D eigenvalue weighted by Crippen LogP contribution is -2.48. The number of guanidine groups is 1. The van der Waals surface area contributed by atoms with Crippen LogP contribution in [0.1, 0.15) is 26.2 Å². The summed E-state index contributed by atoms with van der Waals surface area (Å²) in [6.45, 7) is 10.5. The Morgan fingerprint density at radius 2 is 1.75 bits per heavy atom. The Kier molecular flexibility index (Phi) is 11.5. The molecule has 1 amide bonds. The van der Waals surface area contributed by atoms with Gasteiger partial charge in [0.2, 0.25) is 5.91 Å². The van der Waals surface area contributed by atoms with E-state index in [-0.39, 0.29) is 35.7 Å². The van der Waals surface area contributed by atoms with E-state index in [4.69, 9.17) is 4.99 Å². The van der Waals surface area contributed by atoms with E-state index in [1.54, 1.807) is 7.05 Å². The minimum absolute atomic E-state index is 0. The number of aliphatic imine (C=N–C) groups is 1. The third-order valence-electron chi connectivity index (χ3n) is 6.24. The lowest BCUT2D eigenvalue weighted by Gasteiger charge is -2.36. The number of nitrogens with one attached hydrogen (secondary N) is 2. The lowest BCUT2D eigenvalue weighted by atomic mass is 9.93. The second-order valence-electron chi connectivity index (χ2n) is 8.35. The van der Waals surface area contributed by atoms with Crippen molar-refractivity contribution in [2.45, 2.75) is 26.2 Å². The Morgan fingerprint density at radius 1 is 1.09 bits per heavy atom. The first-order valence-electron chi connectivity index (χ1n) is 11.6. The first kappa shape index (κ1) is 26.6. The van der Waals surface area contributed by atoms with Crippen LogP contribution in [0, 0.1) is 11.7 Å². The summed E-state index contributed by atoms with van der Waals surface area (Å²) in [5.74, 6) is 1.41. The van der Waals surface area contributed by atoms with E-state index in [1.165, 1.54) is 12.1 Å². The van der Waals surface area contributed by atoms with E-state index in [1.807, 2.05) is 12.1 Å². The van der Waals surface area contributed by atoms with Gasteiger partial charge in [-0.1, -0.05) is 0 Å². The average Bonchev–Trinajstić information content (AvgIpc) is 2.80. The van der Waals surface area contributed by atoms with Crippen molar-refractivity contribution in [3.05, 3.63) is 30.1 Å². The zero-order valence-corrected chi connectivity index (χ0v) is 21.7. The molecule has 2 aliphatic rings. The summed E-state index contributed by atoms with van der Waals surface area (Å²) in [7, 11) is 1.70. The van der Waals surface area contributed by atoms with E-state index in [0.29, 0.717) is 12.3 Å². The molecule has 3 rings (SSSR count). The molecule has 1 aromatic carbocycles. The summed E-state index contributed by atoms with van der Waals surface area (Å²) in [6, 6.07) is 6.77. The number of halogens is 2. The van der Waals surface area contributed by atoms with Crippen LogP contribution in [0.25, 0.3) is 0 Å². The molecule has 0 radical (unpaired) electrons. The predicted molar refractivity (Wildman–Crippen MR) is 139 cm³/mol. The van der Waals surface area contributed by atoms with Gasteiger partial charge >= 0.3 is 0 Å². The van der Waals surface area contributed by atoms with Gasteiger partial charge in [-0.2, -0.15) is 0 Å². The molecule has 0 aromatic heterocycles. The number of nitrogens with zero attached hydrogens (tertiary/aromatic N) is 4. The number of anilines is 1. The summed E-state index contributed by atoms with van der Waals surface area (Å²) >= 11 is 0. The summed E-state index contributed by atoms with van der Waals surface area (Å²) in [5.41, 5.74) is 1.09. The highest BCUT2D eigenvalue weighted by Crippen LogP contribution is 2.20. The number of amides is 1. The fourth-order valence-corrected chi connectivity index (χ4v) is 4.32. The van der Waals surface area contributed by atoms with Crippen molar-refractivity contribution in [3.63, 3.8) is 0 Å². The first-order valence-corrected chi connectivity index (χ1v) is 11.6. The minimum atomic E-state index is -0.188. The zero-order chi connectivity index (χ0) is 22.1. The molecule has 1 aromatic rings. The summed E-state index contributed by atoms with van der Waals surface area (Å²) in [4.78, 5) is 23.6. The average molecular weight is 561 g/mol. The third-order valence-corrected chi connectivity index (χ3v) is 6.24. The SMILES string of the molecule is CCNC(=NCCN1CCN(c2ccc(F)cc2)CC1)N1CCC(CC(=O)NC)CC1.I. The molecule has 2 saturated heterocycles. The van der Waals surface area contributed by atoms with Gasteiger partial charge in [-0.3, -0.25) is 14.7 Å². The Morgan fingerprint density at radius 3 is 2.34 bits per heavy atom. The van der Waals surface area contributed by atoms with Gasteiger partial charge in [0.1, 0.15) is 5.82 Å². The molecule has 7 nitrogen and oxygen atoms in total. The maximum atomic E-state index is 13.1. The standard InChI is InChI=1S/C23H37FN6O.HI/c1-3-26-23(30-11-8-19(9-12-30)18-22(31)25-2)27-10-13-28-14-16-29(17-15-28)21-6-4-20(24)5-7-21;/h4-7,19H,3,8-18H2,1-2H3,(H,25,31)(H,26,27);1H. The monoisotopic (exact) mass is 560 g/mol. The maximum Gasteiger partial charge on any atom is 0.220 e. The highest BCUT2D eigenvalue weighted by Gasteiger charge is 2.23. The van der Waals surface area contributed by atoms with Crippen molar-refractivity contribution in [1.29, 1.82) is 0 Å². The van der Waals surface area contributed by atoms with Gasteiger partial charge < -0.3 is 20.4 Å². The van der Waals surface area contributed by atoms with E-state index < -0.39 is 0 Å². The van der Waals surface area contributed by atoms with Crippen molar-refractivity contribution in [1.82, 2.24) is 20.4 Å². The number of likely N-dealkylation sites (tertiary alicyclic amines) is 1. The van der Waals surface area contributed by atoms with Gasteiger partial charge in [-0.15, -0.1) is 24.0 Å². The van der Waals surface area contributed by atoms with Gasteiger partial charge in [0.15, 0.2) is 5.96 Å². The van der Waals surface area contributed by atoms with Crippen LogP contribution in [0.5, 0.6) is 0 Å². The number of hydrogen-bond acceptors (Lipinski definition) is 4. The van der Waals surface area contributed by atoms with Gasteiger partial charge in [-0.05, 0) is 49.9 Å². The first-order chi connectivity index (χ1) is 15.1. The third kappa shape index (κ3) is 8.06. The number of carbonyl (C=O) groups is 1. The van der Waals surface area contributed by atoms with Crippen molar-refractivity contribution in [2.24, 2.45) is 10.9 Å². The Labute approximate surface area is 208 Å².